The first-order valence-corrected chi connectivity index (χ1v) is 5.39. The van der Waals surface area contributed by atoms with Crippen LogP contribution >= 0.6 is 0 Å². The van der Waals surface area contributed by atoms with Gasteiger partial charge >= 0.3 is 19.5 Å². The van der Waals surface area contributed by atoms with Crippen LogP contribution in [-0.4, -0.2) is 5.60 Å². The second kappa shape index (κ2) is 11.7. The molecule has 2 heteroatoms. The van der Waals surface area contributed by atoms with Crippen molar-refractivity contribution in [3.05, 3.63) is 6.92 Å². The monoisotopic (exact) mass is 250 g/mol. The number of rotatable bonds is 5. The van der Waals surface area contributed by atoms with Gasteiger partial charge in [-0.05, 0) is 5.92 Å². The maximum absolute atomic E-state index is 11.5. The average Bonchev–Trinajstić information content (AvgIpc) is 2.07. The quantitative estimate of drug-likeness (QED) is 0.544. The van der Waals surface area contributed by atoms with Crippen LogP contribution in [0.4, 0.5) is 0 Å². The van der Waals surface area contributed by atoms with E-state index in [1.54, 1.807) is 6.92 Å². The molecular weight excluding hydrogens is 226 g/mol. The van der Waals surface area contributed by atoms with Gasteiger partial charge in [0.2, 0.25) is 0 Å². The first-order valence-electron chi connectivity index (χ1n) is 5.39. The molecule has 0 heterocycles. The molecule has 0 aliphatic heterocycles. The van der Waals surface area contributed by atoms with E-state index in [-0.39, 0.29) is 19.5 Å². The SMILES string of the molecule is CCC(C)([O-])CCCC(C)C.[CH2-]C.[Zn+2]. The summed E-state index contributed by atoms with van der Waals surface area (Å²) in [7, 11) is 0. The molecule has 82 valence electrons. The molecular formula is C12H26OZn. The fraction of sp³-hybridized carbons (Fsp3) is 0.917. The van der Waals surface area contributed by atoms with Gasteiger partial charge in [-0.3, -0.25) is 0 Å². The van der Waals surface area contributed by atoms with Crippen LogP contribution in [0.15, 0.2) is 0 Å². The Balaban J connectivity index is -0.000000376. The van der Waals surface area contributed by atoms with Crippen molar-refractivity contribution >= 4 is 0 Å². The van der Waals surface area contributed by atoms with Crippen LogP contribution < -0.4 is 5.11 Å². The van der Waals surface area contributed by atoms with Gasteiger partial charge in [-0.1, -0.05) is 53.4 Å². The standard InChI is InChI=1S/C10H21O.C2H5.Zn/c1-5-10(4,11)8-6-7-9(2)3;1-2;/h9H,5-8H2,1-4H3;1H2,2H3;/q2*-1;+2. The fourth-order valence-corrected chi connectivity index (χ4v) is 1.06. The van der Waals surface area contributed by atoms with Crippen molar-refractivity contribution in [2.75, 3.05) is 0 Å². The molecule has 0 rings (SSSR count). The maximum Gasteiger partial charge on any atom is 2.00 e. The van der Waals surface area contributed by atoms with Gasteiger partial charge in [0, 0.05) is 0 Å². The zero-order valence-electron chi connectivity index (χ0n) is 10.7. The molecule has 0 saturated carbocycles. The van der Waals surface area contributed by atoms with Crippen molar-refractivity contribution < 1.29 is 24.6 Å². The fourth-order valence-electron chi connectivity index (χ4n) is 1.06. The molecule has 0 aliphatic rings. The zero-order valence-corrected chi connectivity index (χ0v) is 13.7. The third-order valence-electron chi connectivity index (χ3n) is 2.23. The van der Waals surface area contributed by atoms with Crippen molar-refractivity contribution in [2.24, 2.45) is 5.92 Å². The van der Waals surface area contributed by atoms with Crippen LogP contribution in [0.5, 0.6) is 0 Å². The van der Waals surface area contributed by atoms with E-state index >= 15 is 0 Å². The van der Waals surface area contributed by atoms with Gasteiger partial charge in [-0.25, -0.2) is 0 Å². The molecule has 0 aliphatic carbocycles. The molecule has 1 unspecified atom stereocenters. The van der Waals surface area contributed by atoms with E-state index in [1.807, 2.05) is 13.8 Å². The molecule has 0 N–H and O–H groups in total. The van der Waals surface area contributed by atoms with E-state index in [9.17, 15) is 5.11 Å². The van der Waals surface area contributed by atoms with Crippen LogP contribution in [0.2, 0.25) is 0 Å². The van der Waals surface area contributed by atoms with E-state index in [0.717, 1.165) is 25.2 Å². The first kappa shape index (κ1) is 20.1. The molecule has 0 bridgehead atoms. The van der Waals surface area contributed by atoms with Gasteiger partial charge in [0.05, 0.1) is 0 Å². The predicted molar refractivity (Wildman–Crippen MR) is 58.4 cm³/mol. The maximum atomic E-state index is 11.5. The Labute approximate surface area is 103 Å². The molecule has 0 saturated heterocycles. The van der Waals surface area contributed by atoms with Crippen molar-refractivity contribution in [1.82, 2.24) is 0 Å². The minimum Gasteiger partial charge on any atom is -0.850 e. The first-order chi connectivity index (χ1) is 5.98. The normalized spacial score (nSPS) is 13.7. The molecule has 14 heavy (non-hydrogen) atoms. The molecule has 0 aromatic rings. The molecule has 0 spiro atoms. The third-order valence-corrected chi connectivity index (χ3v) is 2.23. The topological polar surface area (TPSA) is 23.1 Å². The second-order valence-corrected chi connectivity index (χ2v) is 4.09. The van der Waals surface area contributed by atoms with Gasteiger partial charge in [-0.2, -0.15) is 6.92 Å². The summed E-state index contributed by atoms with van der Waals surface area (Å²) in [4.78, 5) is 0. The minimum atomic E-state index is -0.672. The summed E-state index contributed by atoms with van der Waals surface area (Å²) < 4.78 is 0. The Bertz CT molecular complexity index is 100. The Morgan fingerprint density at radius 3 is 2.00 bits per heavy atom. The van der Waals surface area contributed by atoms with Crippen molar-refractivity contribution in [2.45, 2.75) is 65.9 Å². The molecule has 1 atom stereocenters. The summed E-state index contributed by atoms with van der Waals surface area (Å²) in [6.45, 7) is 13.2. The van der Waals surface area contributed by atoms with E-state index in [0.29, 0.717) is 0 Å². The van der Waals surface area contributed by atoms with Crippen LogP contribution in [0.25, 0.3) is 0 Å². The van der Waals surface area contributed by atoms with E-state index in [2.05, 4.69) is 20.8 Å². The van der Waals surface area contributed by atoms with Gasteiger partial charge in [-0.15, -0.1) is 5.60 Å². The van der Waals surface area contributed by atoms with Crippen molar-refractivity contribution in [3.63, 3.8) is 0 Å². The zero-order chi connectivity index (χ0) is 10.9. The minimum absolute atomic E-state index is 0. The average molecular weight is 252 g/mol. The molecule has 0 amide bonds. The summed E-state index contributed by atoms with van der Waals surface area (Å²) in [6, 6.07) is 0. The van der Waals surface area contributed by atoms with E-state index in [1.165, 1.54) is 6.42 Å². The summed E-state index contributed by atoms with van der Waals surface area (Å²) in [5.74, 6) is 0.739. The Hall–Kier alpha value is 0.583. The molecule has 0 fully saturated rings. The van der Waals surface area contributed by atoms with Gasteiger partial charge in [0.15, 0.2) is 0 Å². The largest absolute Gasteiger partial charge is 2.00 e. The van der Waals surface area contributed by atoms with Crippen LogP contribution in [-0.2, 0) is 19.5 Å². The third kappa shape index (κ3) is 15.1. The molecule has 0 aromatic carbocycles. The van der Waals surface area contributed by atoms with Crippen LogP contribution in [0.3, 0.4) is 0 Å². The molecule has 0 aromatic heterocycles. The smallest absolute Gasteiger partial charge is 0.850 e. The van der Waals surface area contributed by atoms with E-state index < -0.39 is 5.60 Å². The summed E-state index contributed by atoms with van der Waals surface area (Å²) in [5, 5.41) is 11.5. The Morgan fingerprint density at radius 2 is 1.71 bits per heavy atom. The van der Waals surface area contributed by atoms with E-state index in [4.69, 9.17) is 0 Å². The van der Waals surface area contributed by atoms with Gasteiger partial charge in [0.25, 0.3) is 0 Å². The van der Waals surface area contributed by atoms with Crippen LogP contribution in [0, 0.1) is 12.8 Å². The summed E-state index contributed by atoms with van der Waals surface area (Å²) >= 11 is 0. The molecule has 1 nitrogen and oxygen atoms in total. The molecule has 0 radical (unpaired) electrons. The van der Waals surface area contributed by atoms with Gasteiger partial charge < -0.3 is 12.0 Å². The summed E-state index contributed by atoms with van der Waals surface area (Å²) in [5.41, 5.74) is -0.672. The number of hydrogen-bond acceptors (Lipinski definition) is 1. The number of hydrogen-bond donors (Lipinski definition) is 0. The predicted octanol–water partition coefficient (Wildman–Crippen LogP) is 3.18. The van der Waals surface area contributed by atoms with Gasteiger partial charge in [0.1, 0.15) is 0 Å². The Morgan fingerprint density at radius 1 is 1.29 bits per heavy atom. The van der Waals surface area contributed by atoms with Crippen LogP contribution in [0.1, 0.15) is 60.3 Å². The second-order valence-electron chi connectivity index (χ2n) is 4.09. The van der Waals surface area contributed by atoms with Crippen molar-refractivity contribution in [3.8, 4) is 0 Å². The summed E-state index contributed by atoms with van der Waals surface area (Å²) in [6.07, 6.45) is 3.87. The van der Waals surface area contributed by atoms with Crippen molar-refractivity contribution in [1.29, 1.82) is 0 Å². The Kier molecular flexibility index (Phi) is 16.7.